The molecule has 0 radical (unpaired) electrons. The van der Waals surface area contributed by atoms with Crippen LogP contribution in [0.5, 0.6) is 0 Å². The molecule has 5 nitrogen and oxygen atoms in total. The van der Waals surface area contributed by atoms with Crippen molar-refractivity contribution in [2.75, 3.05) is 18.4 Å². The van der Waals surface area contributed by atoms with Gasteiger partial charge in [-0.2, -0.15) is 0 Å². The molecule has 2 heterocycles. The first kappa shape index (κ1) is 11.5. The number of amidine groups is 1. The molecule has 0 aliphatic carbocycles. The van der Waals surface area contributed by atoms with E-state index in [0.29, 0.717) is 5.69 Å². The molecule has 1 amide bonds. The quantitative estimate of drug-likeness (QED) is 0.779. The van der Waals surface area contributed by atoms with Gasteiger partial charge in [-0.25, -0.2) is 0 Å². The largest absolute Gasteiger partial charge is 0.368 e. The van der Waals surface area contributed by atoms with Crippen LogP contribution in [-0.2, 0) is 0 Å². The number of amides is 1. The summed E-state index contributed by atoms with van der Waals surface area (Å²) in [7, 11) is 0. The van der Waals surface area contributed by atoms with Crippen LogP contribution in [0, 0.1) is 0 Å². The predicted octanol–water partition coefficient (Wildman–Crippen LogP) is 1.62. The van der Waals surface area contributed by atoms with E-state index in [9.17, 15) is 4.79 Å². The molecule has 1 aromatic heterocycles. The fourth-order valence-corrected chi connectivity index (χ4v) is 1.97. The van der Waals surface area contributed by atoms with Crippen LogP contribution in [0.15, 0.2) is 47.6 Å². The van der Waals surface area contributed by atoms with Crippen LogP contribution < -0.4 is 10.6 Å². The van der Waals surface area contributed by atoms with Crippen LogP contribution >= 0.6 is 0 Å². The molecule has 96 valence electrons. The van der Waals surface area contributed by atoms with Crippen LogP contribution in [0.3, 0.4) is 0 Å². The van der Waals surface area contributed by atoms with Gasteiger partial charge in [0.1, 0.15) is 11.5 Å². The average Bonchev–Trinajstić information content (AvgIpc) is 3.13. The molecule has 0 bridgehead atoms. The molecule has 1 aromatic carbocycles. The van der Waals surface area contributed by atoms with Gasteiger partial charge in [0.25, 0.3) is 5.91 Å². The van der Waals surface area contributed by atoms with E-state index >= 15 is 0 Å². The van der Waals surface area contributed by atoms with Gasteiger partial charge in [-0.1, -0.05) is 0 Å². The van der Waals surface area contributed by atoms with Crippen molar-refractivity contribution in [3.8, 4) is 0 Å². The normalized spacial score (nSPS) is 13.8. The second-order valence-electron chi connectivity index (χ2n) is 4.27. The van der Waals surface area contributed by atoms with E-state index in [0.717, 1.165) is 30.2 Å². The van der Waals surface area contributed by atoms with Gasteiger partial charge in [0.2, 0.25) is 0 Å². The van der Waals surface area contributed by atoms with E-state index in [-0.39, 0.29) is 5.91 Å². The Morgan fingerprint density at radius 3 is 2.68 bits per heavy atom. The summed E-state index contributed by atoms with van der Waals surface area (Å²) in [6.07, 6.45) is 1.72. The first-order valence-corrected chi connectivity index (χ1v) is 6.16. The SMILES string of the molecule is O=C(Nc1ccc(C2=NCCN2)cc1)c1ccc[nH]1. The number of benzene rings is 1. The van der Waals surface area contributed by atoms with Gasteiger partial charge in [-0.05, 0) is 36.4 Å². The van der Waals surface area contributed by atoms with Crippen LogP contribution in [0.1, 0.15) is 16.1 Å². The third-order valence-electron chi connectivity index (χ3n) is 2.93. The van der Waals surface area contributed by atoms with E-state index in [4.69, 9.17) is 0 Å². The lowest BCUT2D eigenvalue weighted by atomic mass is 10.2. The highest BCUT2D eigenvalue weighted by molar-refractivity contribution is 6.04. The minimum Gasteiger partial charge on any atom is -0.368 e. The summed E-state index contributed by atoms with van der Waals surface area (Å²) in [5, 5.41) is 6.04. The number of rotatable bonds is 3. The number of hydrogen-bond acceptors (Lipinski definition) is 3. The fraction of sp³-hybridized carbons (Fsp3) is 0.143. The Morgan fingerprint density at radius 1 is 1.21 bits per heavy atom. The van der Waals surface area contributed by atoms with Gasteiger partial charge >= 0.3 is 0 Å². The Bertz CT molecular complexity index is 599. The van der Waals surface area contributed by atoms with E-state index in [1.54, 1.807) is 18.3 Å². The van der Waals surface area contributed by atoms with Crippen molar-refractivity contribution < 1.29 is 4.79 Å². The summed E-state index contributed by atoms with van der Waals surface area (Å²) in [4.78, 5) is 19.1. The summed E-state index contributed by atoms with van der Waals surface area (Å²) in [5.74, 6) is 0.774. The minimum atomic E-state index is -0.144. The van der Waals surface area contributed by atoms with Crippen molar-refractivity contribution >= 4 is 17.4 Å². The summed E-state index contributed by atoms with van der Waals surface area (Å²) in [6, 6.07) is 11.2. The van der Waals surface area contributed by atoms with Gasteiger partial charge in [0.05, 0.1) is 6.54 Å². The van der Waals surface area contributed by atoms with Gasteiger partial charge in [-0.15, -0.1) is 0 Å². The van der Waals surface area contributed by atoms with Crippen LogP contribution in [0.25, 0.3) is 0 Å². The zero-order valence-electron chi connectivity index (χ0n) is 10.3. The van der Waals surface area contributed by atoms with Crippen LogP contribution in [0.2, 0.25) is 0 Å². The maximum absolute atomic E-state index is 11.8. The Hall–Kier alpha value is -2.56. The predicted molar refractivity (Wildman–Crippen MR) is 74.6 cm³/mol. The highest BCUT2D eigenvalue weighted by Crippen LogP contribution is 2.12. The summed E-state index contributed by atoms with van der Waals surface area (Å²) < 4.78 is 0. The number of carbonyl (C=O) groups is 1. The van der Waals surface area contributed by atoms with Crippen molar-refractivity contribution in [2.45, 2.75) is 0 Å². The molecule has 3 N–H and O–H groups in total. The number of anilines is 1. The second-order valence-corrected chi connectivity index (χ2v) is 4.27. The molecule has 0 saturated carbocycles. The molecule has 0 spiro atoms. The van der Waals surface area contributed by atoms with Crippen LogP contribution in [-0.4, -0.2) is 29.8 Å². The molecule has 0 saturated heterocycles. The van der Waals surface area contributed by atoms with Crippen molar-refractivity contribution in [3.63, 3.8) is 0 Å². The smallest absolute Gasteiger partial charge is 0.272 e. The number of nitrogens with one attached hydrogen (secondary N) is 3. The monoisotopic (exact) mass is 254 g/mol. The lowest BCUT2D eigenvalue weighted by molar-refractivity contribution is 0.102. The lowest BCUT2D eigenvalue weighted by Crippen LogP contribution is -2.19. The maximum Gasteiger partial charge on any atom is 0.272 e. The zero-order valence-corrected chi connectivity index (χ0v) is 10.3. The molecular formula is C14H14N4O. The molecule has 19 heavy (non-hydrogen) atoms. The van der Waals surface area contributed by atoms with E-state index in [1.165, 1.54) is 0 Å². The molecule has 1 aliphatic rings. The number of carbonyl (C=O) groups excluding carboxylic acids is 1. The summed E-state index contributed by atoms with van der Waals surface area (Å²) >= 11 is 0. The van der Waals surface area contributed by atoms with E-state index < -0.39 is 0 Å². The number of H-pyrrole nitrogens is 1. The fourth-order valence-electron chi connectivity index (χ4n) is 1.97. The standard InChI is InChI=1S/C14H14N4O/c19-14(12-2-1-7-15-12)18-11-5-3-10(4-6-11)13-16-8-9-17-13/h1-7,15H,8-9H2,(H,16,17)(H,18,19). The summed E-state index contributed by atoms with van der Waals surface area (Å²) in [6.45, 7) is 1.71. The molecule has 2 aromatic rings. The molecule has 5 heteroatoms. The van der Waals surface area contributed by atoms with Gasteiger partial charge in [-0.3, -0.25) is 9.79 Å². The van der Waals surface area contributed by atoms with E-state index in [2.05, 4.69) is 20.6 Å². The van der Waals surface area contributed by atoms with Gasteiger partial charge < -0.3 is 15.6 Å². The van der Waals surface area contributed by atoms with Crippen molar-refractivity contribution in [3.05, 3.63) is 53.9 Å². The Labute approximate surface area is 110 Å². The topological polar surface area (TPSA) is 69.3 Å². The highest BCUT2D eigenvalue weighted by atomic mass is 16.1. The van der Waals surface area contributed by atoms with E-state index in [1.807, 2.05) is 24.3 Å². The maximum atomic E-state index is 11.8. The number of hydrogen-bond donors (Lipinski definition) is 3. The average molecular weight is 254 g/mol. The van der Waals surface area contributed by atoms with Crippen molar-refractivity contribution in [2.24, 2.45) is 4.99 Å². The molecule has 0 unspecified atom stereocenters. The number of nitrogens with zero attached hydrogens (tertiary/aromatic N) is 1. The van der Waals surface area contributed by atoms with Gasteiger partial charge in [0, 0.05) is 24.0 Å². The third kappa shape index (κ3) is 2.49. The number of aromatic nitrogens is 1. The molecule has 0 atom stereocenters. The zero-order chi connectivity index (χ0) is 13.1. The molecular weight excluding hydrogens is 240 g/mol. The van der Waals surface area contributed by atoms with Gasteiger partial charge in [0.15, 0.2) is 0 Å². The highest BCUT2D eigenvalue weighted by Gasteiger charge is 2.09. The van der Waals surface area contributed by atoms with Crippen LogP contribution in [0.4, 0.5) is 5.69 Å². The minimum absolute atomic E-state index is 0.144. The lowest BCUT2D eigenvalue weighted by Gasteiger charge is -2.06. The van der Waals surface area contributed by atoms with Crippen molar-refractivity contribution in [1.82, 2.24) is 10.3 Å². The first-order chi connectivity index (χ1) is 9.33. The molecule has 0 fully saturated rings. The first-order valence-electron chi connectivity index (χ1n) is 6.16. The Balaban J connectivity index is 1.71. The molecule has 1 aliphatic heterocycles. The second kappa shape index (κ2) is 4.97. The van der Waals surface area contributed by atoms with Crippen molar-refractivity contribution in [1.29, 1.82) is 0 Å². The Morgan fingerprint density at radius 2 is 2.05 bits per heavy atom. The number of aromatic amines is 1. The number of aliphatic imine (C=N–C) groups is 1. The third-order valence-corrected chi connectivity index (χ3v) is 2.93. The molecule has 3 rings (SSSR count). The summed E-state index contributed by atoms with van der Waals surface area (Å²) in [5.41, 5.74) is 2.35. The Kier molecular flexibility index (Phi) is 3.02.